The topological polar surface area (TPSA) is 87.9 Å². The Hall–Kier alpha value is -2.24. The summed E-state index contributed by atoms with van der Waals surface area (Å²) in [6.07, 6.45) is 2.12. The molecule has 1 aromatic rings. The average molecular weight is 307 g/mol. The molecule has 1 aliphatic carbocycles. The van der Waals surface area contributed by atoms with Crippen LogP contribution in [0.15, 0.2) is 18.2 Å². The first-order valence-electron chi connectivity index (χ1n) is 7.33. The fourth-order valence-corrected chi connectivity index (χ4v) is 2.13. The zero-order valence-corrected chi connectivity index (χ0v) is 12.8. The molecule has 1 atom stereocenters. The number of hydrogen-bond donors (Lipinski definition) is 1. The van der Waals surface area contributed by atoms with Gasteiger partial charge in [0, 0.05) is 0 Å². The van der Waals surface area contributed by atoms with Gasteiger partial charge in [-0.05, 0) is 43.4 Å². The number of ether oxygens (including phenoxy) is 3. The zero-order chi connectivity index (χ0) is 16.1. The van der Waals surface area contributed by atoms with Gasteiger partial charge in [-0.2, -0.15) is 0 Å². The molecular weight excluding hydrogens is 286 g/mol. The molecule has 1 unspecified atom stereocenters. The van der Waals surface area contributed by atoms with Crippen LogP contribution in [0, 0.1) is 5.92 Å². The standard InChI is InChI=1S/C16H21NO5/c1-3-21-13-8-11(6-7-12(13)20-2)14(15(17)18)16(19)22-9-10-4-5-10/h6-8,10,14H,3-5,9H2,1-2H3,(H2,17,18). The average Bonchev–Trinajstić information content (AvgIpc) is 3.30. The van der Waals surface area contributed by atoms with Crippen molar-refractivity contribution >= 4 is 11.9 Å². The summed E-state index contributed by atoms with van der Waals surface area (Å²) >= 11 is 0. The molecule has 6 heteroatoms. The van der Waals surface area contributed by atoms with Crippen LogP contribution < -0.4 is 15.2 Å². The Morgan fingerprint density at radius 1 is 1.32 bits per heavy atom. The molecule has 0 saturated heterocycles. The molecule has 120 valence electrons. The second-order valence-corrected chi connectivity index (χ2v) is 5.25. The van der Waals surface area contributed by atoms with Gasteiger partial charge in [-0.15, -0.1) is 0 Å². The lowest BCUT2D eigenvalue weighted by molar-refractivity contribution is -0.148. The first-order chi connectivity index (χ1) is 10.6. The SMILES string of the molecule is CCOc1cc(C(C(N)=O)C(=O)OCC2CC2)ccc1OC. The van der Waals surface area contributed by atoms with Crippen molar-refractivity contribution in [1.29, 1.82) is 0 Å². The Morgan fingerprint density at radius 2 is 2.05 bits per heavy atom. The van der Waals surface area contributed by atoms with Crippen molar-refractivity contribution in [3.05, 3.63) is 23.8 Å². The predicted molar refractivity (Wildman–Crippen MR) is 79.8 cm³/mol. The number of rotatable bonds is 8. The number of amides is 1. The Balaban J connectivity index is 2.20. The van der Waals surface area contributed by atoms with Gasteiger partial charge in [0.05, 0.1) is 20.3 Å². The lowest BCUT2D eigenvalue weighted by Gasteiger charge is -2.16. The van der Waals surface area contributed by atoms with Gasteiger partial charge in [0.15, 0.2) is 17.4 Å². The molecule has 0 aliphatic heterocycles. The highest BCUT2D eigenvalue weighted by molar-refractivity contribution is 6.02. The third kappa shape index (κ3) is 3.90. The van der Waals surface area contributed by atoms with Gasteiger partial charge in [0.2, 0.25) is 5.91 Å². The van der Waals surface area contributed by atoms with Crippen molar-refractivity contribution in [2.45, 2.75) is 25.7 Å². The van der Waals surface area contributed by atoms with E-state index in [0.717, 1.165) is 12.8 Å². The summed E-state index contributed by atoms with van der Waals surface area (Å²) in [5.41, 5.74) is 5.82. The van der Waals surface area contributed by atoms with E-state index in [0.29, 0.717) is 36.2 Å². The summed E-state index contributed by atoms with van der Waals surface area (Å²) in [7, 11) is 1.52. The molecule has 2 rings (SSSR count). The number of nitrogens with two attached hydrogens (primary N) is 1. The van der Waals surface area contributed by atoms with E-state index in [1.165, 1.54) is 7.11 Å². The first kappa shape index (κ1) is 16.1. The maximum absolute atomic E-state index is 12.1. The summed E-state index contributed by atoms with van der Waals surface area (Å²) in [6.45, 7) is 2.62. The Bertz CT molecular complexity index is 553. The van der Waals surface area contributed by atoms with Crippen molar-refractivity contribution in [3.8, 4) is 11.5 Å². The lowest BCUT2D eigenvalue weighted by Crippen LogP contribution is -2.30. The minimum Gasteiger partial charge on any atom is -0.493 e. The van der Waals surface area contributed by atoms with Crippen LogP contribution in [-0.4, -0.2) is 32.2 Å². The maximum atomic E-state index is 12.1. The van der Waals surface area contributed by atoms with Gasteiger partial charge in [-0.25, -0.2) is 0 Å². The van der Waals surface area contributed by atoms with Gasteiger partial charge in [-0.3, -0.25) is 9.59 Å². The lowest BCUT2D eigenvalue weighted by atomic mass is 9.98. The summed E-state index contributed by atoms with van der Waals surface area (Å²) in [5, 5.41) is 0. The minimum absolute atomic E-state index is 0.344. The van der Waals surface area contributed by atoms with Crippen molar-refractivity contribution < 1.29 is 23.8 Å². The highest BCUT2D eigenvalue weighted by Gasteiger charge is 2.31. The van der Waals surface area contributed by atoms with Crippen LogP contribution in [0.3, 0.4) is 0 Å². The number of benzene rings is 1. The number of methoxy groups -OCH3 is 1. The molecule has 1 amide bonds. The van der Waals surface area contributed by atoms with E-state index in [2.05, 4.69) is 0 Å². The molecule has 0 spiro atoms. The molecule has 1 aliphatic rings. The van der Waals surface area contributed by atoms with Crippen molar-refractivity contribution in [3.63, 3.8) is 0 Å². The van der Waals surface area contributed by atoms with Crippen LogP contribution in [0.2, 0.25) is 0 Å². The van der Waals surface area contributed by atoms with E-state index in [4.69, 9.17) is 19.9 Å². The Labute approximate surface area is 129 Å². The molecule has 6 nitrogen and oxygen atoms in total. The molecule has 22 heavy (non-hydrogen) atoms. The number of carbonyl (C=O) groups excluding carboxylic acids is 2. The Morgan fingerprint density at radius 3 is 2.59 bits per heavy atom. The number of carbonyl (C=O) groups is 2. The first-order valence-corrected chi connectivity index (χ1v) is 7.33. The molecule has 2 N–H and O–H groups in total. The molecule has 1 aromatic carbocycles. The fraction of sp³-hybridized carbons (Fsp3) is 0.500. The van der Waals surface area contributed by atoms with Gasteiger partial charge in [0.1, 0.15) is 0 Å². The van der Waals surface area contributed by atoms with E-state index >= 15 is 0 Å². The molecule has 0 radical (unpaired) electrons. The quantitative estimate of drug-likeness (QED) is 0.582. The molecule has 0 heterocycles. The maximum Gasteiger partial charge on any atom is 0.323 e. The van der Waals surface area contributed by atoms with E-state index in [-0.39, 0.29) is 0 Å². The van der Waals surface area contributed by atoms with E-state index < -0.39 is 17.8 Å². The van der Waals surface area contributed by atoms with Gasteiger partial charge in [0.25, 0.3) is 0 Å². The summed E-state index contributed by atoms with van der Waals surface area (Å²) in [6, 6.07) is 4.86. The van der Waals surface area contributed by atoms with Crippen LogP contribution in [0.5, 0.6) is 11.5 Å². The van der Waals surface area contributed by atoms with Crippen LogP contribution in [-0.2, 0) is 14.3 Å². The molecule has 1 fully saturated rings. The van der Waals surface area contributed by atoms with Crippen molar-refractivity contribution in [1.82, 2.24) is 0 Å². The third-order valence-corrected chi connectivity index (χ3v) is 3.50. The summed E-state index contributed by atoms with van der Waals surface area (Å²) in [5.74, 6) is -1.08. The Kier molecular flexibility index (Phi) is 5.25. The number of hydrogen-bond acceptors (Lipinski definition) is 5. The van der Waals surface area contributed by atoms with Crippen LogP contribution >= 0.6 is 0 Å². The molecule has 0 aromatic heterocycles. The predicted octanol–water partition coefficient (Wildman–Crippen LogP) is 1.62. The smallest absolute Gasteiger partial charge is 0.323 e. The molecular formula is C16H21NO5. The normalized spacial score (nSPS) is 15.0. The summed E-state index contributed by atoms with van der Waals surface area (Å²) in [4.78, 5) is 23.8. The highest BCUT2D eigenvalue weighted by atomic mass is 16.5. The van der Waals surface area contributed by atoms with Crippen molar-refractivity contribution in [2.75, 3.05) is 20.3 Å². The molecule has 1 saturated carbocycles. The van der Waals surface area contributed by atoms with E-state index in [9.17, 15) is 9.59 Å². The zero-order valence-electron chi connectivity index (χ0n) is 12.8. The van der Waals surface area contributed by atoms with E-state index in [1.54, 1.807) is 18.2 Å². The number of primary amides is 1. The fourth-order valence-electron chi connectivity index (χ4n) is 2.13. The third-order valence-electron chi connectivity index (χ3n) is 3.50. The number of esters is 1. The second kappa shape index (κ2) is 7.15. The largest absolute Gasteiger partial charge is 0.493 e. The van der Waals surface area contributed by atoms with Gasteiger partial charge >= 0.3 is 5.97 Å². The van der Waals surface area contributed by atoms with Crippen molar-refractivity contribution in [2.24, 2.45) is 11.7 Å². The minimum atomic E-state index is -1.14. The van der Waals surface area contributed by atoms with Crippen LogP contribution in [0.25, 0.3) is 0 Å². The van der Waals surface area contributed by atoms with Crippen LogP contribution in [0.1, 0.15) is 31.2 Å². The van der Waals surface area contributed by atoms with E-state index in [1.807, 2.05) is 6.92 Å². The molecule has 0 bridgehead atoms. The van der Waals surface area contributed by atoms with Crippen LogP contribution in [0.4, 0.5) is 0 Å². The van der Waals surface area contributed by atoms with Gasteiger partial charge in [-0.1, -0.05) is 6.07 Å². The monoisotopic (exact) mass is 307 g/mol. The summed E-state index contributed by atoms with van der Waals surface area (Å²) < 4.78 is 15.8. The highest BCUT2D eigenvalue weighted by Crippen LogP contribution is 2.32. The second-order valence-electron chi connectivity index (χ2n) is 5.25. The van der Waals surface area contributed by atoms with Gasteiger partial charge < -0.3 is 19.9 Å².